The van der Waals surface area contributed by atoms with Crippen molar-refractivity contribution in [1.29, 1.82) is 0 Å². The summed E-state index contributed by atoms with van der Waals surface area (Å²) in [5.74, 6) is -1.83. The first-order chi connectivity index (χ1) is 16.8. The lowest BCUT2D eigenvalue weighted by molar-refractivity contribution is -0.272. The molecule has 0 amide bonds. The number of ether oxygens (including phenoxy) is 4. The lowest BCUT2D eigenvalue weighted by atomic mass is 10.0. The van der Waals surface area contributed by atoms with E-state index >= 15 is 0 Å². The zero-order valence-electron chi connectivity index (χ0n) is 20.0. The number of esters is 2. The Labute approximate surface area is 205 Å². The molecule has 0 bridgehead atoms. The van der Waals surface area contributed by atoms with Crippen LogP contribution in [0.1, 0.15) is 66.7 Å². The van der Waals surface area contributed by atoms with Crippen molar-refractivity contribution in [3.05, 3.63) is 71.8 Å². The summed E-state index contributed by atoms with van der Waals surface area (Å²) in [4.78, 5) is 36.1. The summed E-state index contributed by atoms with van der Waals surface area (Å²) in [6.07, 6.45) is -0.830. The Kier molecular flexibility index (Phi) is 9.81. The van der Waals surface area contributed by atoms with E-state index in [0.29, 0.717) is 30.4 Å². The molecule has 35 heavy (non-hydrogen) atoms. The average molecular weight is 485 g/mol. The molecule has 8 heteroatoms. The van der Waals surface area contributed by atoms with Gasteiger partial charge < -0.3 is 24.1 Å². The fourth-order valence-electron chi connectivity index (χ4n) is 3.85. The van der Waals surface area contributed by atoms with Crippen LogP contribution < -0.4 is 0 Å². The molecule has 1 aliphatic heterocycles. The van der Waals surface area contributed by atoms with E-state index in [1.807, 2.05) is 13.0 Å². The van der Waals surface area contributed by atoms with Gasteiger partial charge in [0.05, 0.1) is 23.3 Å². The number of carboxylic acid groups (broad SMARTS) is 1. The fourth-order valence-corrected chi connectivity index (χ4v) is 3.85. The van der Waals surface area contributed by atoms with E-state index in [2.05, 4.69) is 0 Å². The Balaban J connectivity index is 1.66. The zero-order valence-corrected chi connectivity index (χ0v) is 20.0. The number of carboxylic acids is 1. The number of rotatable bonds is 11. The molecule has 2 aromatic rings. The molecule has 5 atom stereocenters. The Bertz CT molecular complexity index is 962. The maximum atomic E-state index is 12.8. The van der Waals surface area contributed by atoms with Crippen LogP contribution in [-0.2, 0) is 23.7 Å². The first-order valence-electron chi connectivity index (χ1n) is 11.9. The van der Waals surface area contributed by atoms with E-state index in [0.717, 1.165) is 0 Å². The van der Waals surface area contributed by atoms with Crippen LogP contribution >= 0.6 is 0 Å². The predicted octanol–water partition coefficient (Wildman–Crippen LogP) is 4.62. The summed E-state index contributed by atoms with van der Waals surface area (Å²) in [6.45, 7) is 3.65. The van der Waals surface area contributed by atoms with Gasteiger partial charge in [-0.15, -0.1) is 0 Å². The van der Waals surface area contributed by atoms with Crippen LogP contribution in [0.15, 0.2) is 60.7 Å². The number of benzene rings is 2. The molecule has 0 aliphatic carbocycles. The molecule has 1 fully saturated rings. The summed E-state index contributed by atoms with van der Waals surface area (Å²) in [6, 6.07) is 17.3. The molecular weight excluding hydrogens is 452 g/mol. The molecule has 0 aromatic heterocycles. The van der Waals surface area contributed by atoms with Gasteiger partial charge in [-0.2, -0.15) is 0 Å². The van der Waals surface area contributed by atoms with E-state index in [1.165, 1.54) is 0 Å². The largest absolute Gasteiger partial charge is 0.481 e. The lowest BCUT2D eigenvalue weighted by Gasteiger charge is -2.39. The highest BCUT2D eigenvalue weighted by atomic mass is 16.7. The molecule has 1 heterocycles. The summed E-state index contributed by atoms with van der Waals surface area (Å²) in [5, 5.41) is 8.81. The van der Waals surface area contributed by atoms with E-state index in [-0.39, 0.29) is 18.9 Å². The average Bonchev–Trinajstić information content (AvgIpc) is 2.85. The quantitative estimate of drug-likeness (QED) is 0.364. The van der Waals surface area contributed by atoms with Crippen LogP contribution in [0.5, 0.6) is 0 Å². The van der Waals surface area contributed by atoms with Gasteiger partial charge >= 0.3 is 17.9 Å². The van der Waals surface area contributed by atoms with Gasteiger partial charge in [0.25, 0.3) is 0 Å². The molecule has 1 aliphatic rings. The highest BCUT2D eigenvalue weighted by molar-refractivity contribution is 5.90. The topological polar surface area (TPSA) is 108 Å². The van der Waals surface area contributed by atoms with Gasteiger partial charge in [0.1, 0.15) is 6.10 Å². The van der Waals surface area contributed by atoms with Crippen molar-refractivity contribution in [2.24, 2.45) is 0 Å². The second-order valence-corrected chi connectivity index (χ2v) is 8.65. The second kappa shape index (κ2) is 13.0. The molecule has 8 nitrogen and oxygen atoms in total. The van der Waals surface area contributed by atoms with Crippen molar-refractivity contribution in [3.63, 3.8) is 0 Å². The highest BCUT2D eigenvalue weighted by Crippen LogP contribution is 2.28. The number of hydrogen-bond donors (Lipinski definition) is 1. The van der Waals surface area contributed by atoms with Gasteiger partial charge in [-0.05, 0) is 51.0 Å². The van der Waals surface area contributed by atoms with Crippen LogP contribution in [0.3, 0.4) is 0 Å². The third kappa shape index (κ3) is 8.19. The number of carbonyl (C=O) groups is 3. The molecular formula is C27H32O8. The van der Waals surface area contributed by atoms with Crippen molar-refractivity contribution < 1.29 is 38.4 Å². The van der Waals surface area contributed by atoms with Gasteiger partial charge in [0.2, 0.25) is 0 Å². The van der Waals surface area contributed by atoms with Crippen molar-refractivity contribution in [2.75, 3.05) is 0 Å². The van der Waals surface area contributed by atoms with Gasteiger partial charge in [-0.25, -0.2) is 9.59 Å². The molecule has 1 saturated heterocycles. The van der Waals surface area contributed by atoms with Crippen LogP contribution in [0, 0.1) is 0 Å². The van der Waals surface area contributed by atoms with E-state index in [4.69, 9.17) is 24.1 Å². The normalized spacial score (nSPS) is 22.7. The molecule has 0 spiro atoms. The van der Waals surface area contributed by atoms with Crippen molar-refractivity contribution in [3.8, 4) is 0 Å². The van der Waals surface area contributed by atoms with Gasteiger partial charge in [0, 0.05) is 12.8 Å². The number of hydrogen-bond acceptors (Lipinski definition) is 7. The monoisotopic (exact) mass is 484 g/mol. The number of aliphatic carboxylic acids is 1. The van der Waals surface area contributed by atoms with Crippen molar-refractivity contribution >= 4 is 17.9 Å². The zero-order chi connectivity index (χ0) is 25.2. The van der Waals surface area contributed by atoms with Gasteiger partial charge in [-0.3, -0.25) is 4.79 Å². The summed E-state index contributed by atoms with van der Waals surface area (Å²) >= 11 is 0. The Morgan fingerprint density at radius 2 is 1.46 bits per heavy atom. The maximum absolute atomic E-state index is 12.8. The van der Waals surface area contributed by atoms with Crippen molar-refractivity contribution in [1.82, 2.24) is 0 Å². The van der Waals surface area contributed by atoms with E-state index in [1.54, 1.807) is 61.5 Å². The van der Waals surface area contributed by atoms with E-state index < -0.39 is 42.5 Å². The maximum Gasteiger partial charge on any atom is 0.338 e. The first-order valence-corrected chi connectivity index (χ1v) is 11.9. The Morgan fingerprint density at radius 3 is 2.00 bits per heavy atom. The number of unbranched alkanes of at least 4 members (excludes halogenated alkanes) is 1. The molecule has 0 radical (unpaired) electrons. The third-order valence-corrected chi connectivity index (χ3v) is 5.79. The minimum absolute atomic E-state index is 0.107. The third-order valence-electron chi connectivity index (χ3n) is 5.79. The molecule has 3 rings (SSSR count). The molecule has 2 aromatic carbocycles. The van der Waals surface area contributed by atoms with Crippen LogP contribution in [-0.4, -0.2) is 53.7 Å². The summed E-state index contributed by atoms with van der Waals surface area (Å²) < 4.78 is 23.6. The Hall–Kier alpha value is -3.23. The minimum Gasteiger partial charge on any atom is -0.481 e. The van der Waals surface area contributed by atoms with Crippen LogP contribution in [0.25, 0.3) is 0 Å². The predicted molar refractivity (Wildman–Crippen MR) is 127 cm³/mol. The number of carbonyl (C=O) groups excluding carboxylic acids is 2. The van der Waals surface area contributed by atoms with E-state index in [9.17, 15) is 14.4 Å². The van der Waals surface area contributed by atoms with Crippen LogP contribution in [0.2, 0.25) is 0 Å². The first kappa shape index (κ1) is 26.4. The molecule has 0 unspecified atom stereocenters. The summed E-state index contributed by atoms with van der Waals surface area (Å²) in [7, 11) is 0. The second-order valence-electron chi connectivity index (χ2n) is 8.65. The lowest BCUT2D eigenvalue weighted by Crippen LogP contribution is -2.51. The Morgan fingerprint density at radius 1 is 0.914 bits per heavy atom. The molecule has 188 valence electrons. The standard InChI is InChI=1S/C27H32O8/c1-18(11-9-10-16-24(28)29)32-27-23(35-26(31)21-14-7-4-8-15-21)17-22(19(2)33-27)34-25(30)20-12-5-3-6-13-20/h3-8,12-15,18-19,22-23,27H,9-11,16-17H2,1-2H3,(H,28,29)/t18-,19+,22-,23-,27-/m1/s1. The smallest absolute Gasteiger partial charge is 0.338 e. The highest BCUT2D eigenvalue weighted by Gasteiger charge is 2.41. The minimum atomic E-state index is -0.848. The fraction of sp³-hybridized carbons (Fsp3) is 0.444. The van der Waals surface area contributed by atoms with Crippen LogP contribution in [0.4, 0.5) is 0 Å². The molecule has 0 saturated carbocycles. The SMILES string of the molecule is C[C@H](CCCCC(=O)O)O[C@@H]1O[C@@H](C)[C@H](OC(=O)c2ccccc2)C[C@H]1OC(=O)c1ccccc1. The van der Waals surface area contributed by atoms with Gasteiger partial charge in [-0.1, -0.05) is 42.8 Å². The summed E-state index contributed by atoms with van der Waals surface area (Å²) in [5.41, 5.74) is 0.815. The van der Waals surface area contributed by atoms with Gasteiger partial charge in [0.15, 0.2) is 12.4 Å². The van der Waals surface area contributed by atoms with Crippen molar-refractivity contribution in [2.45, 2.75) is 76.7 Å². The molecule has 1 N–H and O–H groups in total.